The molecular formula is C26H39N5O4. The summed E-state index contributed by atoms with van der Waals surface area (Å²) in [5.41, 5.74) is 2.72. The van der Waals surface area contributed by atoms with Crippen LogP contribution in [0.3, 0.4) is 0 Å². The van der Waals surface area contributed by atoms with E-state index in [0.29, 0.717) is 50.5 Å². The van der Waals surface area contributed by atoms with E-state index < -0.39 is 12.0 Å². The van der Waals surface area contributed by atoms with Crippen LogP contribution in [0, 0.1) is 6.92 Å². The van der Waals surface area contributed by atoms with Crippen molar-refractivity contribution in [2.24, 2.45) is 0 Å². The molecule has 9 heteroatoms. The summed E-state index contributed by atoms with van der Waals surface area (Å²) in [4.78, 5) is 44.5. The zero-order chi connectivity index (χ0) is 25.8. The minimum atomic E-state index is -0.585. The number of carbonyl (C=O) groups excluding carboxylic acids is 3. The molecule has 1 saturated heterocycles. The van der Waals surface area contributed by atoms with E-state index >= 15 is 0 Å². The second-order valence-electron chi connectivity index (χ2n) is 10.1. The van der Waals surface area contributed by atoms with Crippen LogP contribution < -0.4 is 10.6 Å². The summed E-state index contributed by atoms with van der Waals surface area (Å²) >= 11 is 0. The molecule has 1 fully saturated rings. The molecular weight excluding hydrogens is 446 g/mol. The molecule has 4 amide bonds. The summed E-state index contributed by atoms with van der Waals surface area (Å²) in [7, 11) is 0. The maximum absolute atomic E-state index is 13.2. The van der Waals surface area contributed by atoms with Crippen LogP contribution in [0.15, 0.2) is 35.5 Å². The van der Waals surface area contributed by atoms with Crippen LogP contribution >= 0.6 is 0 Å². The van der Waals surface area contributed by atoms with Gasteiger partial charge in [0.25, 0.3) is 0 Å². The van der Waals surface area contributed by atoms with Gasteiger partial charge >= 0.3 is 18.0 Å². The molecule has 0 spiro atoms. The molecule has 1 aromatic rings. The van der Waals surface area contributed by atoms with Gasteiger partial charge in [-0.3, -0.25) is 9.80 Å². The Balaban J connectivity index is 1.89. The fourth-order valence-electron chi connectivity index (χ4n) is 4.48. The van der Waals surface area contributed by atoms with Gasteiger partial charge in [0, 0.05) is 50.5 Å². The number of amides is 4. The monoisotopic (exact) mass is 485 g/mol. The number of ether oxygens (including phenoxy) is 1. The van der Waals surface area contributed by atoms with Gasteiger partial charge in [-0.25, -0.2) is 14.4 Å². The number of nitrogens with zero attached hydrogens (tertiary/aromatic N) is 3. The van der Waals surface area contributed by atoms with Crippen LogP contribution in [0.2, 0.25) is 0 Å². The highest BCUT2D eigenvalue weighted by atomic mass is 16.5. The predicted octanol–water partition coefficient (Wildman–Crippen LogP) is 3.02. The van der Waals surface area contributed by atoms with Gasteiger partial charge in [0.1, 0.15) is 0 Å². The van der Waals surface area contributed by atoms with Gasteiger partial charge in [0.2, 0.25) is 0 Å². The largest absolute Gasteiger partial charge is 0.463 e. The highest BCUT2D eigenvalue weighted by Gasteiger charge is 2.38. The molecule has 1 aromatic carbocycles. The lowest BCUT2D eigenvalue weighted by Gasteiger charge is -2.40. The first-order chi connectivity index (χ1) is 16.5. The first kappa shape index (κ1) is 26.5. The summed E-state index contributed by atoms with van der Waals surface area (Å²) in [6.45, 7) is 15.1. The Morgan fingerprint density at radius 2 is 1.83 bits per heavy atom. The Labute approximate surface area is 208 Å². The Bertz CT molecular complexity index is 976. The third-order valence-electron chi connectivity index (χ3n) is 6.14. The highest BCUT2D eigenvalue weighted by molar-refractivity contribution is 5.95. The lowest BCUT2D eigenvalue weighted by molar-refractivity contribution is -0.139. The van der Waals surface area contributed by atoms with Crippen LogP contribution in [0.5, 0.6) is 0 Å². The maximum Gasteiger partial charge on any atom is 0.338 e. The number of nitrogens with one attached hydrogen (secondary N) is 2. The molecule has 2 heterocycles. The molecule has 2 aliphatic rings. The minimum Gasteiger partial charge on any atom is -0.463 e. The van der Waals surface area contributed by atoms with Gasteiger partial charge in [0.15, 0.2) is 0 Å². The molecule has 1 atom stereocenters. The second-order valence-corrected chi connectivity index (χ2v) is 10.1. The average Bonchev–Trinajstić information content (AvgIpc) is 2.78. The lowest BCUT2D eigenvalue weighted by Crippen LogP contribution is -2.56. The van der Waals surface area contributed by atoms with Crippen molar-refractivity contribution in [1.82, 2.24) is 25.3 Å². The Morgan fingerprint density at radius 3 is 2.40 bits per heavy atom. The molecule has 35 heavy (non-hydrogen) atoms. The van der Waals surface area contributed by atoms with E-state index in [4.69, 9.17) is 4.74 Å². The van der Waals surface area contributed by atoms with Gasteiger partial charge in [-0.05, 0) is 47.1 Å². The number of likely N-dealkylation sites (N-methyl/N-ethyl adjacent to an activating group) is 1. The molecule has 2 aliphatic heterocycles. The number of benzene rings is 1. The topological polar surface area (TPSA) is 94.2 Å². The quantitative estimate of drug-likeness (QED) is 0.604. The third kappa shape index (κ3) is 6.54. The molecule has 0 radical (unpaired) electrons. The van der Waals surface area contributed by atoms with Crippen LogP contribution in [0.4, 0.5) is 9.59 Å². The number of hydrogen-bond acceptors (Lipinski definition) is 5. The molecule has 192 valence electrons. The Morgan fingerprint density at radius 1 is 1.14 bits per heavy atom. The Kier molecular flexibility index (Phi) is 8.43. The molecule has 2 N–H and O–H groups in total. The molecule has 9 nitrogen and oxygen atoms in total. The minimum absolute atomic E-state index is 0.0738. The van der Waals surface area contributed by atoms with Gasteiger partial charge in [-0.2, -0.15) is 0 Å². The summed E-state index contributed by atoms with van der Waals surface area (Å²) < 4.78 is 5.45. The van der Waals surface area contributed by atoms with Crippen molar-refractivity contribution in [1.29, 1.82) is 0 Å². The van der Waals surface area contributed by atoms with Gasteiger partial charge < -0.3 is 20.3 Å². The van der Waals surface area contributed by atoms with Crippen LogP contribution in [0.25, 0.3) is 0 Å². The molecule has 0 bridgehead atoms. The Hall–Kier alpha value is -3.07. The van der Waals surface area contributed by atoms with Crippen molar-refractivity contribution < 1.29 is 19.1 Å². The first-order valence-electron chi connectivity index (χ1n) is 12.4. The van der Waals surface area contributed by atoms with Crippen LogP contribution in [-0.4, -0.2) is 84.1 Å². The highest BCUT2D eigenvalue weighted by Crippen LogP contribution is 2.32. The van der Waals surface area contributed by atoms with Crippen molar-refractivity contribution in [2.75, 3.05) is 45.9 Å². The van der Waals surface area contributed by atoms with Crippen molar-refractivity contribution in [3.8, 4) is 0 Å². The number of hydrogen-bond donors (Lipinski definition) is 2. The van der Waals surface area contributed by atoms with E-state index in [0.717, 1.165) is 11.1 Å². The average molecular weight is 486 g/mol. The lowest BCUT2D eigenvalue weighted by atomic mass is 9.93. The summed E-state index contributed by atoms with van der Waals surface area (Å²) in [6.07, 6.45) is 0. The first-order valence-corrected chi connectivity index (χ1v) is 12.4. The summed E-state index contributed by atoms with van der Waals surface area (Å²) in [5.74, 6) is -0.421. The number of rotatable bonds is 6. The smallest absolute Gasteiger partial charge is 0.338 e. The van der Waals surface area contributed by atoms with Gasteiger partial charge in [0.05, 0.1) is 18.2 Å². The van der Waals surface area contributed by atoms with E-state index in [1.165, 1.54) is 0 Å². The maximum atomic E-state index is 13.2. The zero-order valence-corrected chi connectivity index (χ0v) is 21.8. The second kappa shape index (κ2) is 11.1. The van der Waals surface area contributed by atoms with Gasteiger partial charge in [-0.1, -0.05) is 29.8 Å². The normalized spacial score (nSPS) is 19.5. The molecule has 3 rings (SSSR count). The van der Waals surface area contributed by atoms with E-state index in [1.807, 2.05) is 63.8 Å². The SMILES string of the molecule is CCOC(=O)C1=C(CN2CCN(C(=O)NC(C)(C)C)CC2)N(CC)C(=O)NC1c1cccc(C)c1. The zero-order valence-electron chi connectivity index (χ0n) is 21.8. The predicted molar refractivity (Wildman–Crippen MR) is 135 cm³/mol. The molecule has 1 unspecified atom stereocenters. The van der Waals surface area contributed by atoms with Crippen molar-refractivity contribution in [3.05, 3.63) is 46.7 Å². The molecule has 0 saturated carbocycles. The van der Waals surface area contributed by atoms with Crippen LogP contribution in [0.1, 0.15) is 51.8 Å². The number of carbonyl (C=O) groups is 3. The summed E-state index contributed by atoms with van der Waals surface area (Å²) in [6, 6.07) is 6.92. The molecule has 0 aliphatic carbocycles. The molecule has 0 aromatic heterocycles. The number of esters is 1. The van der Waals surface area contributed by atoms with E-state index in [9.17, 15) is 14.4 Å². The van der Waals surface area contributed by atoms with E-state index in [2.05, 4.69) is 15.5 Å². The van der Waals surface area contributed by atoms with Crippen LogP contribution in [-0.2, 0) is 9.53 Å². The fraction of sp³-hybridized carbons (Fsp3) is 0.577. The van der Waals surface area contributed by atoms with E-state index in [-0.39, 0.29) is 24.2 Å². The summed E-state index contributed by atoms with van der Waals surface area (Å²) in [5, 5.41) is 6.02. The number of urea groups is 2. The fourth-order valence-corrected chi connectivity index (χ4v) is 4.48. The number of aryl methyl sites for hydroxylation is 1. The standard InChI is InChI=1S/C26H39N5O4/c1-7-31-20(17-29-12-14-30(15-13-29)25(34)28-26(4,5)6)21(23(32)35-8-2)22(27-24(31)33)19-11-9-10-18(3)16-19/h9-11,16,22H,7-8,12-15,17H2,1-6H3,(H,27,33)(H,28,34). The number of piperazine rings is 1. The van der Waals surface area contributed by atoms with Crippen molar-refractivity contribution in [3.63, 3.8) is 0 Å². The van der Waals surface area contributed by atoms with E-state index in [1.54, 1.807) is 11.8 Å². The van der Waals surface area contributed by atoms with Gasteiger partial charge in [-0.15, -0.1) is 0 Å². The van der Waals surface area contributed by atoms with Crippen molar-refractivity contribution >= 4 is 18.0 Å². The third-order valence-corrected chi connectivity index (χ3v) is 6.14. The van der Waals surface area contributed by atoms with Crippen molar-refractivity contribution in [2.45, 2.75) is 53.1 Å².